The molecule has 1 saturated heterocycles. The summed E-state index contributed by atoms with van der Waals surface area (Å²) in [4.78, 5) is 23.8. The number of hydrogen-bond acceptors (Lipinski definition) is 7. The van der Waals surface area contributed by atoms with E-state index in [4.69, 9.17) is 0 Å². The third-order valence-corrected chi connectivity index (χ3v) is 6.77. The van der Waals surface area contributed by atoms with Crippen LogP contribution in [0.5, 0.6) is 0 Å². The number of nitrogens with one attached hydrogen (secondary N) is 4. The van der Waals surface area contributed by atoms with Crippen LogP contribution in [0.4, 0.5) is 23.3 Å². The van der Waals surface area contributed by atoms with E-state index in [1.165, 1.54) is 37.8 Å². The van der Waals surface area contributed by atoms with Gasteiger partial charge in [0, 0.05) is 54.6 Å². The minimum Gasteiger partial charge on any atom is -0.355 e. The summed E-state index contributed by atoms with van der Waals surface area (Å²) in [6, 6.07) is 12.0. The molecule has 3 heterocycles. The number of anilines is 4. The van der Waals surface area contributed by atoms with Gasteiger partial charge in [-0.2, -0.15) is 10.1 Å². The molecule has 0 atom stereocenters. The molecule has 36 heavy (non-hydrogen) atoms. The van der Waals surface area contributed by atoms with Crippen molar-refractivity contribution in [2.45, 2.75) is 57.8 Å². The molecule has 2 aromatic heterocycles. The molecule has 9 heteroatoms. The van der Waals surface area contributed by atoms with Gasteiger partial charge in [-0.1, -0.05) is 18.6 Å². The molecule has 0 spiro atoms. The first kappa shape index (κ1) is 24.2. The highest BCUT2D eigenvalue weighted by Crippen LogP contribution is 2.39. The van der Waals surface area contributed by atoms with Gasteiger partial charge in [-0.15, -0.1) is 0 Å². The fraction of sp³-hybridized carbons (Fsp3) is 0.481. The Bertz CT molecular complexity index is 1150. The van der Waals surface area contributed by atoms with E-state index in [-0.39, 0.29) is 5.91 Å². The smallest absolute Gasteiger partial charge is 0.229 e. The van der Waals surface area contributed by atoms with Gasteiger partial charge in [-0.3, -0.25) is 9.89 Å². The first-order chi connectivity index (χ1) is 17.6. The predicted octanol–water partition coefficient (Wildman–Crippen LogP) is 4.41. The minimum atomic E-state index is 0.114. The van der Waals surface area contributed by atoms with Crippen LogP contribution in [-0.4, -0.2) is 57.2 Å². The number of carbonyl (C=O) groups is 1. The molecule has 9 nitrogen and oxygen atoms in total. The highest BCUT2D eigenvalue weighted by Gasteiger charge is 2.25. The van der Waals surface area contributed by atoms with Crippen molar-refractivity contribution in [2.24, 2.45) is 0 Å². The number of aromatic nitrogens is 4. The number of nitrogens with zero attached hydrogens (tertiary/aromatic N) is 4. The Morgan fingerprint density at radius 1 is 1.03 bits per heavy atom. The monoisotopic (exact) mass is 488 g/mol. The van der Waals surface area contributed by atoms with Crippen LogP contribution in [0.3, 0.4) is 0 Å². The molecule has 190 valence electrons. The second-order valence-electron chi connectivity index (χ2n) is 9.90. The van der Waals surface area contributed by atoms with Crippen molar-refractivity contribution in [2.75, 3.05) is 36.8 Å². The van der Waals surface area contributed by atoms with E-state index < -0.39 is 0 Å². The van der Waals surface area contributed by atoms with Gasteiger partial charge in [0.1, 0.15) is 5.82 Å². The summed E-state index contributed by atoms with van der Waals surface area (Å²) in [5.74, 6) is 2.72. The summed E-state index contributed by atoms with van der Waals surface area (Å²) in [6.07, 6.45) is 7.56. The van der Waals surface area contributed by atoms with Gasteiger partial charge < -0.3 is 20.9 Å². The fourth-order valence-corrected chi connectivity index (χ4v) is 4.59. The van der Waals surface area contributed by atoms with Crippen molar-refractivity contribution in [1.82, 2.24) is 30.4 Å². The van der Waals surface area contributed by atoms with Crippen LogP contribution < -0.4 is 16.0 Å². The summed E-state index contributed by atoms with van der Waals surface area (Å²) < 4.78 is 0. The second kappa shape index (κ2) is 11.5. The fourth-order valence-electron chi connectivity index (χ4n) is 4.59. The van der Waals surface area contributed by atoms with Crippen molar-refractivity contribution in [1.29, 1.82) is 0 Å². The normalized spacial score (nSPS) is 16.0. The molecule has 5 rings (SSSR count). The first-order valence-electron chi connectivity index (χ1n) is 13.1. The average Bonchev–Trinajstić information content (AvgIpc) is 3.63. The van der Waals surface area contributed by atoms with E-state index in [2.05, 4.69) is 47.1 Å². The Kier molecular flexibility index (Phi) is 7.76. The number of likely N-dealkylation sites (tertiary alicyclic amines) is 1. The number of piperidine rings is 1. The summed E-state index contributed by atoms with van der Waals surface area (Å²) in [7, 11) is 0. The van der Waals surface area contributed by atoms with Gasteiger partial charge in [-0.05, 0) is 69.8 Å². The number of aryl methyl sites for hydroxylation is 2. The number of carbonyl (C=O) groups excluding carboxylic acids is 1. The zero-order valence-corrected chi connectivity index (χ0v) is 21.0. The molecule has 1 aliphatic heterocycles. The Morgan fingerprint density at radius 2 is 1.83 bits per heavy atom. The molecule has 4 N–H and O–H groups in total. The van der Waals surface area contributed by atoms with Gasteiger partial charge in [-0.25, -0.2) is 4.98 Å². The molecule has 1 amide bonds. The van der Waals surface area contributed by atoms with Crippen molar-refractivity contribution < 1.29 is 4.79 Å². The average molecular weight is 489 g/mol. The van der Waals surface area contributed by atoms with E-state index in [0.29, 0.717) is 24.1 Å². The number of aromatic amines is 1. The molecule has 0 radical (unpaired) electrons. The number of amides is 1. The third-order valence-electron chi connectivity index (χ3n) is 6.77. The van der Waals surface area contributed by atoms with Crippen molar-refractivity contribution in [3.05, 3.63) is 53.3 Å². The van der Waals surface area contributed by atoms with E-state index in [1.54, 1.807) is 0 Å². The van der Waals surface area contributed by atoms with E-state index in [1.807, 2.05) is 37.3 Å². The summed E-state index contributed by atoms with van der Waals surface area (Å²) >= 11 is 0. The lowest BCUT2D eigenvalue weighted by molar-refractivity contribution is -0.121. The first-order valence-corrected chi connectivity index (χ1v) is 13.1. The van der Waals surface area contributed by atoms with Crippen LogP contribution in [0, 0.1) is 6.92 Å². The highest BCUT2D eigenvalue weighted by molar-refractivity contribution is 5.76. The van der Waals surface area contributed by atoms with Crippen LogP contribution in [0.25, 0.3) is 0 Å². The van der Waals surface area contributed by atoms with Gasteiger partial charge in [0.05, 0.1) is 0 Å². The molecule has 0 unspecified atom stereocenters. The molecule has 1 aromatic carbocycles. The van der Waals surface area contributed by atoms with Crippen LogP contribution in [0.1, 0.15) is 61.4 Å². The molecule has 1 saturated carbocycles. The van der Waals surface area contributed by atoms with Gasteiger partial charge in [0.25, 0.3) is 0 Å². The standard InChI is InChI=1S/C27H36N8O/c1-19-17-24(31-25-18-23(33-34-25)21-8-9-21)32-27(29-19)30-22-10-5-20(6-11-22)7-12-26(36)28-13-16-35-14-3-2-4-15-35/h5-6,10-11,17-18,21H,2-4,7-9,12-16H2,1H3,(H,28,36)(H3,29,30,31,32,33,34). The Morgan fingerprint density at radius 3 is 2.61 bits per heavy atom. The van der Waals surface area contributed by atoms with E-state index in [9.17, 15) is 4.79 Å². The highest BCUT2D eigenvalue weighted by atomic mass is 16.1. The maximum Gasteiger partial charge on any atom is 0.229 e. The molecular formula is C27H36N8O. The second-order valence-corrected chi connectivity index (χ2v) is 9.90. The lowest BCUT2D eigenvalue weighted by Gasteiger charge is -2.26. The largest absolute Gasteiger partial charge is 0.355 e. The van der Waals surface area contributed by atoms with E-state index in [0.717, 1.165) is 55.4 Å². The number of H-pyrrole nitrogens is 1. The van der Waals surface area contributed by atoms with Crippen LogP contribution in [0.2, 0.25) is 0 Å². The van der Waals surface area contributed by atoms with Crippen molar-refractivity contribution in [3.63, 3.8) is 0 Å². The maximum absolute atomic E-state index is 12.2. The molecule has 2 aliphatic rings. The number of rotatable bonds is 11. The topological polar surface area (TPSA) is 111 Å². The predicted molar refractivity (Wildman–Crippen MR) is 142 cm³/mol. The SMILES string of the molecule is Cc1cc(Nc2cc(C3CC3)[nH]n2)nc(Nc2ccc(CCC(=O)NCCN3CCCCC3)cc2)n1. The summed E-state index contributed by atoms with van der Waals surface area (Å²) in [6.45, 7) is 5.95. The van der Waals surface area contributed by atoms with Gasteiger partial charge in [0.2, 0.25) is 11.9 Å². The van der Waals surface area contributed by atoms with Crippen LogP contribution >= 0.6 is 0 Å². The number of hydrogen-bond donors (Lipinski definition) is 4. The lowest BCUT2D eigenvalue weighted by atomic mass is 10.1. The summed E-state index contributed by atoms with van der Waals surface area (Å²) in [5, 5.41) is 17.1. The van der Waals surface area contributed by atoms with Crippen LogP contribution in [0.15, 0.2) is 36.4 Å². The van der Waals surface area contributed by atoms with Crippen LogP contribution in [-0.2, 0) is 11.2 Å². The molecule has 0 bridgehead atoms. The van der Waals surface area contributed by atoms with Crippen molar-refractivity contribution in [3.8, 4) is 0 Å². The Balaban J connectivity index is 1.08. The zero-order valence-electron chi connectivity index (χ0n) is 21.0. The Hall–Kier alpha value is -3.46. The maximum atomic E-state index is 12.2. The number of benzene rings is 1. The zero-order chi connectivity index (χ0) is 24.7. The molecule has 1 aliphatic carbocycles. The minimum absolute atomic E-state index is 0.114. The molecule has 2 fully saturated rings. The van der Waals surface area contributed by atoms with E-state index >= 15 is 0 Å². The lowest BCUT2D eigenvalue weighted by Crippen LogP contribution is -2.37. The van der Waals surface area contributed by atoms with Gasteiger partial charge in [0.15, 0.2) is 5.82 Å². The quantitative estimate of drug-likeness (QED) is 0.316. The molecule has 3 aromatic rings. The Labute approximate surface area is 212 Å². The van der Waals surface area contributed by atoms with Crippen molar-refractivity contribution >= 4 is 29.2 Å². The van der Waals surface area contributed by atoms with Gasteiger partial charge >= 0.3 is 0 Å². The molecular weight excluding hydrogens is 452 g/mol. The third kappa shape index (κ3) is 7.04. The summed E-state index contributed by atoms with van der Waals surface area (Å²) in [5.41, 5.74) is 4.06.